The van der Waals surface area contributed by atoms with Gasteiger partial charge < -0.3 is 4.98 Å². The van der Waals surface area contributed by atoms with Gasteiger partial charge in [-0.25, -0.2) is 4.98 Å². The molecule has 0 saturated heterocycles. The second-order valence-electron chi connectivity index (χ2n) is 5.06. The minimum atomic E-state index is -0.337. The first kappa shape index (κ1) is 13.4. The fraction of sp³-hybridized carbons (Fsp3) is 0.692. The number of nitrogens with zero attached hydrogens (tertiary/aromatic N) is 2. The third kappa shape index (κ3) is 4.35. The lowest BCUT2D eigenvalue weighted by Crippen LogP contribution is -2.42. The van der Waals surface area contributed by atoms with Crippen molar-refractivity contribution in [2.45, 2.75) is 55.8 Å². The number of hydrogen-bond acceptors (Lipinski definition) is 4. The summed E-state index contributed by atoms with van der Waals surface area (Å²) in [5.41, 5.74) is -0.337. The molecule has 1 aliphatic rings. The number of unbranched alkanes of at least 4 members (excludes halogenated alkanes) is 1. The van der Waals surface area contributed by atoms with Crippen LogP contribution in [0.3, 0.4) is 0 Å². The summed E-state index contributed by atoms with van der Waals surface area (Å²) < 4.78 is 0. The Morgan fingerprint density at radius 3 is 3.06 bits per heavy atom. The molecule has 0 radical (unpaired) electrons. The number of aromatic amines is 1. The molecule has 1 fully saturated rings. The van der Waals surface area contributed by atoms with E-state index in [1.165, 1.54) is 12.8 Å². The molecule has 18 heavy (non-hydrogen) atoms. The normalized spacial score (nSPS) is 18.2. The highest BCUT2D eigenvalue weighted by Crippen LogP contribution is 2.25. The van der Waals surface area contributed by atoms with Crippen LogP contribution in [0.2, 0.25) is 0 Å². The summed E-state index contributed by atoms with van der Waals surface area (Å²) >= 11 is 1.74. The van der Waals surface area contributed by atoms with E-state index in [4.69, 9.17) is 0 Å². The van der Waals surface area contributed by atoms with E-state index in [9.17, 15) is 5.26 Å². The van der Waals surface area contributed by atoms with Gasteiger partial charge in [0.2, 0.25) is 0 Å². The summed E-state index contributed by atoms with van der Waals surface area (Å²) in [5, 5.41) is 13.7. The lowest BCUT2D eigenvalue weighted by atomic mass is 9.96. The third-order valence-electron chi connectivity index (χ3n) is 3.13. The summed E-state index contributed by atoms with van der Waals surface area (Å²) in [5.74, 6) is 1.05. The van der Waals surface area contributed by atoms with Crippen LogP contribution in [0.25, 0.3) is 0 Å². The number of thioether (sulfide) groups is 1. The Morgan fingerprint density at radius 1 is 1.61 bits per heavy atom. The molecule has 1 unspecified atom stereocenters. The standard InChI is InChI=1S/C13H20N4S/c1-13(10-14,17-11-4-5-11)6-2-3-9-18-12-15-7-8-16-12/h7-8,11,17H,2-6,9H2,1H3,(H,15,16). The summed E-state index contributed by atoms with van der Waals surface area (Å²) in [6.07, 6.45) is 9.20. The Morgan fingerprint density at radius 2 is 2.44 bits per heavy atom. The number of H-pyrrole nitrogens is 1. The molecule has 1 aliphatic carbocycles. The lowest BCUT2D eigenvalue weighted by molar-refractivity contribution is 0.402. The predicted octanol–water partition coefficient (Wildman–Crippen LogP) is 2.71. The number of hydrogen-bond donors (Lipinski definition) is 2. The third-order valence-corrected chi connectivity index (χ3v) is 4.12. The molecule has 1 heterocycles. The van der Waals surface area contributed by atoms with Crippen molar-refractivity contribution in [2.24, 2.45) is 0 Å². The highest BCUT2D eigenvalue weighted by Gasteiger charge is 2.31. The van der Waals surface area contributed by atoms with E-state index in [1.54, 1.807) is 18.0 Å². The van der Waals surface area contributed by atoms with Crippen LogP contribution in [0.5, 0.6) is 0 Å². The van der Waals surface area contributed by atoms with E-state index >= 15 is 0 Å². The molecule has 0 aromatic carbocycles. The highest BCUT2D eigenvalue weighted by molar-refractivity contribution is 7.99. The number of aromatic nitrogens is 2. The number of rotatable bonds is 8. The fourth-order valence-electron chi connectivity index (χ4n) is 1.92. The largest absolute Gasteiger partial charge is 0.340 e. The van der Waals surface area contributed by atoms with Crippen molar-refractivity contribution in [3.63, 3.8) is 0 Å². The zero-order chi connectivity index (χ0) is 12.8. The molecule has 1 saturated carbocycles. The molecule has 2 N–H and O–H groups in total. The van der Waals surface area contributed by atoms with Crippen molar-refractivity contribution in [3.8, 4) is 6.07 Å². The van der Waals surface area contributed by atoms with Crippen LogP contribution in [0.15, 0.2) is 17.6 Å². The van der Waals surface area contributed by atoms with Gasteiger partial charge in [0.05, 0.1) is 6.07 Å². The summed E-state index contributed by atoms with van der Waals surface area (Å²) in [6, 6.07) is 3.01. The van der Waals surface area contributed by atoms with Crippen molar-refractivity contribution in [1.29, 1.82) is 5.26 Å². The van der Waals surface area contributed by atoms with Gasteiger partial charge in [-0.05, 0) is 39.0 Å². The summed E-state index contributed by atoms with van der Waals surface area (Å²) in [6.45, 7) is 2.02. The first-order valence-electron chi connectivity index (χ1n) is 6.53. The molecule has 2 rings (SSSR count). The van der Waals surface area contributed by atoms with Crippen LogP contribution in [0.1, 0.15) is 39.0 Å². The van der Waals surface area contributed by atoms with Gasteiger partial charge in [0.1, 0.15) is 5.54 Å². The molecule has 0 aliphatic heterocycles. The predicted molar refractivity (Wildman–Crippen MR) is 73.3 cm³/mol. The van der Waals surface area contributed by atoms with Gasteiger partial charge in [-0.15, -0.1) is 0 Å². The van der Waals surface area contributed by atoms with Gasteiger partial charge in [-0.1, -0.05) is 11.8 Å². The second-order valence-corrected chi connectivity index (χ2v) is 6.15. The van der Waals surface area contributed by atoms with Crippen molar-refractivity contribution in [2.75, 3.05) is 5.75 Å². The van der Waals surface area contributed by atoms with E-state index in [0.29, 0.717) is 6.04 Å². The maximum absolute atomic E-state index is 9.24. The van der Waals surface area contributed by atoms with Gasteiger partial charge in [0, 0.05) is 24.2 Å². The molecule has 98 valence electrons. The highest BCUT2D eigenvalue weighted by atomic mass is 32.2. The number of nitrogens with one attached hydrogen (secondary N) is 2. The molecule has 1 aromatic heterocycles. The summed E-state index contributed by atoms with van der Waals surface area (Å²) in [7, 11) is 0. The maximum atomic E-state index is 9.24. The first-order chi connectivity index (χ1) is 8.72. The van der Waals surface area contributed by atoms with Gasteiger partial charge in [-0.3, -0.25) is 5.32 Å². The van der Waals surface area contributed by atoms with Crippen molar-refractivity contribution >= 4 is 11.8 Å². The molecule has 1 aromatic rings. The Hall–Kier alpha value is -0.990. The van der Waals surface area contributed by atoms with Crippen LogP contribution in [-0.2, 0) is 0 Å². The Kier molecular flexibility index (Phi) is 4.67. The van der Waals surface area contributed by atoms with E-state index in [0.717, 1.165) is 30.2 Å². The second kappa shape index (κ2) is 6.26. The van der Waals surface area contributed by atoms with Gasteiger partial charge in [0.15, 0.2) is 5.16 Å². The van der Waals surface area contributed by atoms with Crippen LogP contribution in [0.4, 0.5) is 0 Å². The molecule has 0 bridgehead atoms. The molecule has 0 spiro atoms. The van der Waals surface area contributed by atoms with Gasteiger partial charge in [0.25, 0.3) is 0 Å². The fourth-order valence-corrected chi connectivity index (χ4v) is 2.75. The van der Waals surface area contributed by atoms with Crippen molar-refractivity contribution in [3.05, 3.63) is 12.4 Å². The van der Waals surface area contributed by atoms with E-state index < -0.39 is 0 Å². The minimum absolute atomic E-state index is 0.337. The molecular formula is C13H20N4S. The van der Waals surface area contributed by atoms with Crippen LogP contribution < -0.4 is 5.32 Å². The quantitative estimate of drug-likeness (QED) is 0.560. The molecule has 4 nitrogen and oxygen atoms in total. The Balaban J connectivity index is 1.60. The number of imidazole rings is 1. The zero-order valence-corrected chi connectivity index (χ0v) is 11.6. The van der Waals surface area contributed by atoms with Crippen molar-refractivity contribution < 1.29 is 0 Å². The Bertz CT molecular complexity index is 394. The van der Waals surface area contributed by atoms with Crippen molar-refractivity contribution in [1.82, 2.24) is 15.3 Å². The van der Waals surface area contributed by atoms with Gasteiger partial charge >= 0.3 is 0 Å². The lowest BCUT2D eigenvalue weighted by Gasteiger charge is -2.23. The smallest absolute Gasteiger partial charge is 0.165 e. The van der Waals surface area contributed by atoms with E-state index in [2.05, 4.69) is 21.4 Å². The molecule has 5 heteroatoms. The monoisotopic (exact) mass is 264 g/mol. The van der Waals surface area contributed by atoms with Gasteiger partial charge in [-0.2, -0.15) is 5.26 Å². The van der Waals surface area contributed by atoms with Crippen LogP contribution in [0, 0.1) is 11.3 Å². The number of nitriles is 1. The molecule has 0 amide bonds. The van der Waals surface area contributed by atoms with Crippen LogP contribution in [-0.4, -0.2) is 27.3 Å². The van der Waals surface area contributed by atoms with E-state index in [1.807, 2.05) is 13.1 Å². The van der Waals surface area contributed by atoms with Crippen LogP contribution >= 0.6 is 11.8 Å². The average molecular weight is 264 g/mol. The Labute approximate surface area is 113 Å². The molecule has 1 atom stereocenters. The zero-order valence-electron chi connectivity index (χ0n) is 10.8. The topological polar surface area (TPSA) is 64.5 Å². The minimum Gasteiger partial charge on any atom is -0.340 e. The SMILES string of the molecule is CC(C#N)(CCCCSc1ncc[nH]1)NC1CC1. The summed E-state index contributed by atoms with van der Waals surface area (Å²) in [4.78, 5) is 7.25. The molecular weight excluding hydrogens is 244 g/mol. The maximum Gasteiger partial charge on any atom is 0.165 e. The first-order valence-corrected chi connectivity index (χ1v) is 7.51. The van der Waals surface area contributed by atoms with E-state index in [-0.39, 0.29) is 5.54 Å². The average Bonchev–Trinajstić information content (AvgIpc) is 3.01.